The van der Waals surface area contributed by atoms with Gasteiger partial charge in [0.25, 0.3) is 16.9 Å². The van der Waals surface area contributed by atoms with Crippen LogP contribution >= 0.6 is 0 Å². The van der Waals surface area contributed by atoms with Crippen LogP contribution in [-0.4, -0.2) is 41.6 Å². The molecular formula is C15H18N2O6. The first-order valence-corrected chi connectivity index (χ1v) is 7.45. The van der Waals surface area contributed by atoms with E-state index in [1.54, 1.807) is 18.2 Å². The third-order valence-corrected chi connectivity index (χ3v) is 3.48. The van der Waals surface area contributed by atoms with Crippen molar-refractivity contribution in [2.45, 2.75) is 26.2 Å². The molecule has 1 heterocycles. The molecule has 8 nitrogen and oxygen atoms in total. The van der Waals surface area contributed by atoms with Crippen molar-refractivity contribution in [2.75, 3.05) is 19.8 Å². The summed E-state index contributed by atoms with van der Waals surface area (Å²) in [4.78, 5) is 40.0. The molecule has 2 amide bonds. The van der Waals surface area contributed by atoms with Crippen LogP contribution < -0.4 is 4.74 Å². The van der Waals surface area contributed by atoms with E-state index in [9.17, 15) is 19.7 Å². The van der Waals surface area contributed by atoms with Gasteiger partial charge < -0.3 is 9.57 Å². The average molecular weight is 322 g/mol. The maximum atomic E-state index is 12.3. The summed E-state index contributed by atoms with van der Waals surface area (Å²) in [5, 5.41) is 9.17. The van der Waals surface area contributed by atoms with E-state index in [1.165, 1.54) is 4.90 Å². The predicted octanol–water partition coefficient (Wildman–Crippen LogP) is 2.06. The van der Waals surface area contributed by atoms with E-state index in [0.717, 1.165) is 0 Å². The molecule has 0 atom stereocenters. The number of amides is 2. The molecule has 0 aromatic heterocycles. The van der Waals surface area contributed by atoms with Crippen molar-refractivity contribution in [2.24, 2.45) is 0 Å². The van der Waals surface area contributed by atoms with E-state index in [-0.39, 0.29) is 25.0 Å². The van der Waals surface area contributed by atoms with E-state index < -0.39 is 5.09 Å². The molecule has 1 aliphatic heterocycles. The molecule has 8 heteroatoms. The molecule has 1 aromatic rings. The number of benzene rings is 1. The van der Waals surface area contributed by atoms with Crippen LogP contribution in [0.25, 0.3) is 0 Å². The van der Waals surface area contributed by atoms with Crippen molar-refractivity contribution in [3.63, 3.8) is 0 Å². The third kappa shape index (κ3) is 3.97. The van der Waals surface area contributed by atoms with Crippen molar-refractivity contribution in [1.82, 2.24) is 4.90 Å². The number of ether oxygens (including phenoxy) is 1. The zero-order chi connectivity index (χ0) is 16.8. The fourth-order valence-electron chi connectivity index (χ4n) is 2.42. The lowest BCUT2D eigenvalue weighted by Gasteiger charge is -2.13. The molecule has 0 N–H and O–H groups in total. The second-order valence-corrected chi connectivity index (χ2v) is 5.02. The lowest BCUT2D eigenvalue weighted by atomic mass is 10.1. The summed E-state index contributed by atoms with van der Waals surface area (Å²) >= 11 is 0. The minimum atomic E-state index is -0.833. The molecule has 0 fully saturated rings. The number of rotatable bonds is 9. The van der Waals surface area contributed by atoms with Crippen LogP contribution in [0.5, 0.6) is 5.75 Å². The summed E-state index contributed by atoms with van der Waals surface area (Å²) in [7, 11) is 0. The molecule has 1 aromatic carbocycles. The summed E-state index contributed by atoms with van der Waals surface area (Å²) in [5.41, 5.74) is 0.743. The van der Waals surface area contributed by atoms with Gasteiger partial charge >= 0.3 is 0 Å². The molecule has 23 heavy (non-hydrogen) atoms. The van der Waals surface area contributed by atoms with Gasteiger partial charge in [0.1, 0.15) is 5.75 Å². The molecule has 2 rings (SSSR count). The number of hydrogen-bond donors (Lipinski definition) is 0. The number of fused-ring (bicyclic) bond motifs is 1. The number of carbonyl (C=O) groups excluding carboxylic acids is 2. The fourth-order valence-corrected chi connectivity index (χ4v) is 2.42. The van der Waals surface area contributed by atoms with Gasteiger partial charge in [0.15, 0.2) is 0 Å². The van der Waals surface area contributed by atoms with Crippen LogP contribution in [0.1, 0.15) is 46.9 Å². The maximum absolute atomic E-state index is 12.3. The van der Waals surface area contributed by atoms with Gasteiger partial charge in [-0.15, -0.1) is 10.1 Å². The summed E-state index contributed by atoms with van der Waals surface area (Å²) in [6.45, 7) is 2.63. The first kappa shape index (κ1) is 16.7. The van der Waals surface area contributed by atoms with Crippen LogP contribution in [0.2, 0.25) is 0 Å². The fraction of sp³-hybridized carbons (Fsp3) is 0.467. The predicted molar refractivity (Wildman–Crippen MR) is 79.8 cm³/mol. The highest BCUT2D eigenvalue weighted by atomic mass is 16.9. The molecule has 0 saturated carbocycles. The lowest BCUT2D eigenvalue weighted by molar-refractivity contribution is -0.757. The number of hydrogen-bond acceptors (Lipinski definition) is 6. The SMILES string of the molecule is CCOc1ccc2c(c1)C(=O)N(CCCCCO[N+](=O)[O-])C2=O. The standard InChI is InChI=1S/C15H18N2O6/c1-2-22-11-6-7-12-13(10-11)15(19)16(14(12)18)8-4-3-5-9-23-17(20)21/h6-7,10H,2-5,8-9H2,1H3. The summed E-state index contributed by atoms with van der Waals surface area (Å²) in [5.74, 6) is -0.0751. The molecule has 0 unspecified atom stereocenters. The van der Waals surface area contributed by atoms with E-state index in [1.807, 2.05) is 6.92 Å². The monoisotopic (exact) mass is 322 g/mol. The zero-order valence-corrected chi connectivity index (χ0v) is 12.8. The maximum Gasteiger partial charge on any atom is 0.294 e. The first-order valence-electron chi connectivity index (χ1n) is 7.45. The van der Waals surface area contributed by atoms with Crippen molar-refractivity contribution in [1.29, 1.82) is 0 Å². The van der Waals surface area contributed by atoms with Gasteiger partial charge in [-0.1, -0.05) is 0 Å². The Hall–Kier alpha value is -2.64. The Morgan fingerprint density at radius 2 is 1.87 bits per heavy atom. The van der Waals surface area contributed by atoms with E-state index in [4.69, 9.17) is 4.74 Å². The molecule has 124 valence electrons. The van der Waals surface area contributed by atoms with Crippen LogP contribution in [-0.2, 0) is 4.84 Å². The largest absolute Gasteiger partial charge is 0.494 e. The number of unbranched alkanes of at least 4 members (excludes halogenated alkanes) is 2. The van der Waals surface area contributed by atoms with Gasteiger partial charge in [-0.2, -0.15) is 0 Å². The minimum Gasteiger partial charge on any atom is -0.494 e. The average Bonchev–Trinajstić information content (AvgIpc) is 2.75. The Morgan fingerprint density at radius 1 is 1.13 bits per heavy atom. The van der Waals surface area contributed by atoms with Gasteiger partial charge in [0.2, 0.25) is 0 Å². The molecular weight excluding hydrogens is 304 g/mol. The number of nitrogens with zero attached hydrogens (tertiary/aromatic N) is 2. The van der Waals surface area contributed by atoms with Gasteiger partial charge in [0.05, 0.1) is 24.3 Å². The van der Waals surface area contributed by atoms with Gasteiger partial charge in [0, 0.05) is 6.54 Å². The highest BCUT2D eigenvalue weighted by Crippen LogP contribution is 2.27. The Morgan fingerprint density at radius 3 is 2.57 bits per heavy atom. The van der Waals surface area contributed by atoms with Crippen molar-refractivity contribution >= 4 is 11.8 Å². The number of carbonyl (C=O) groups is 2. The number of imide groups is 1. The summed E-state index contributed by atoms with van der Waals surface area (Å²) in [6.07, 6.45) is 1.70. The molecule has 0 bridgehead atoms. The first-order chi connectivity index (χ1) is 11.0. The van der Waals surface area contributed by atoms with Crippen LogP contribution in [0, 0.1) is 10.1 Å². The van der Waals surface area contributed by atoms with Crippen molar-refractivity contribution in [3.8, 4) is 5.75 Å². The molecule has 0 aliphatic carbocycles. The third-order valence-electron chi connectivity index (χ3n) is 3.48. The molecule has 0 radical (unpaired) electrons. The summed E-state index contributed by atoms with van der Waals surface area (Å²) < 4.78 is 5.34. The molecule has 1 aliphatic rings. The van der Waals surface area contributed by atoms with Gasteiger partial charge in [-0.05, 0) is 44.4 Å². The molecule has 0 saturated heterocycles. The highest BCUT2D eigenvalue weighted by molar-refractivity contribution is 6.21. The Balaban J connectivity index is 1.88. The Bertz CT molecular complexity index is 616. The quantitative estimate of drug-likeness (QED) is 0.299. The van der Waals surface area contributed by atoms with E-state index in [0.29, 0.717) is 42.7 Å². The van der Waals surface area contributed by atoms with Crippen LogP contribution in [0.3, 0.4) is 0 Å². The smallest absolute Gasteiger partial charge is 0.294 e. The molecule has 0 spiro atoms. The lowest BCUT2D eigenvalue weighted by Crippen LogP contribution is -2.30. The van der Waals surface area contributed by atoms with Gasteiger partial charge in [-0.25, -0.2) is 0 Å². The summed E-state index contributed by atoms with van der Waals surface area (Å²) in [6, 6.07) is 4.86. The highest BCUT2D eigenvalue weighted by Gasteiger charge is 2.35. The van der Waals surface area contributed by atoms with Gasteiger partial charge in [-0.3, -0.25) is 14.5 Å². The van der Waals surface area contributed by atoms with Crippen LogP contribution in [0.15, 0.2) is 18.2 Å². The van der Waals surface area contributed by atoms with Crippen molar-refractivity contribution in [3.05, 3.63) is 39.4 Å². The zero-order valence-electron chi connectivity index (χ0n) is 12.8. The Labute approximate surface area is 133 Å². The Kier molecular flexibility index (Phi) is 5.51. The second-order valence-electron chi connectivity index (χ2n) is 5.02. The van der Waals surface area contributed by atoms with E-state index in [2.05, 4.69) is 4.84 Å². The minimum absolute atomic E-state index is 0.0207. The van der Waals surface area contributed by atoms with E-state index >= 15 is 0 Å². The van der Waals surface area contributed by atoms with Crippen molar-refractivity contribution < 1.29 is 24.3 Å². The topological polar surface area (TPSA) is 99.0 Å². The van der Waals surface area contributed by atoms with Crippen LogP contribution in [0.4, 0.5) is 0 Å². The normalized spacial score (nSPS) is 13.2. The second kappa shape index (κ2) is 7.57.